The van der Waals surface area contributed by atoms with Crippen LogP contribution in [0.4, 0.5) is 0 Å². The molecule has 0 aliphatic carbocycles. The molecule has 2 N–H and O–H groups in total. The van der Waals surface area contributed by atoms with E-state index in [9.17, 15) is 4.79 Å². The summed E-state index contributed by atoms with van der Waals surface area (Å²) in [6.45, 7) is 11.2. The molecule has 18 heavy (non-hydrogen) atoms. The summed E-state index contributed by atoms with van der Waals surface area (Å²) < 4.78 is 0. The molecule has 0 aromatic heterocycles. The van der Waals surface area contributed by atoms with Gasteiger partial charge < -0.3 is 15.5 Å². The number of hydrogen-bond acceptors (Lipinski definition) is 3. The summed E-state index contributed by atoms with van der Waals surface area (Å²) in [6.07, 6.45) is 3.56. The van der Waals surface area contributed by atoms with Crippen molar-refractivity contribution in [2.75, 3.05) is 32.7 Å². The first-order chi connectivity index (χ1) is 8.61. The zero-order valence-electron chi connectivity index (χ0n) is 12.2. The molecule has 1 heterocycles. The summed E-state index contributed by atoms with van der Waals surface area (Å²) in [5.74, 6) is 0.644. The minimum atomic E-state index is 0.125. The second kappa shape index (κ2) is 8.48. The molecule has 0 bridgehead atoms. The molecule has 0 radical (unpaired) electrons. The molecule has 1 aliphatic rings. The van der Waals surface area contributed by atoms with E-state index in [4.69, 9.17) is 0 Å². The number of carbonyl (C=O) groups excluding carboxylic acids is 1. The lowest BCUT2D eigenvalue weighted by atomic mass is 10.0. The summed E-state index contributed by atoms with van der Waals surface area (Å²) in [5, 5.41) is 6.31. The predicted molar refractivity (Wildman–Crippen MR) is 75.6 cm³/mol. The topological polar surface area (TPSA) is 44.4 Å². The van der Waals surface area contributed by atoms with Crippen molar-refractivity contribution in [2.24, 2.45) is 5.92 Å². The molecule has 0 unspecified atom stereocenters. The van der Waals surface area contributed by atoms with Gasteiger partial charge in [0.1, 0.15) is 0 Å². The molecular formula is C14H29N3O. The highest BCUT2D eigenvalue weighted by Gasteiger charge is 2.18. The Balaban J connectivity index is 2.08. The average molecular weight is 255 g/mol. The molecular weight excluding hydrogens is 226 g/mol. The van der Waals surface area contributed by atoms with Crippen LogP contribution >= 0.6 is 0 Å². The summed E-state index contributed by atoms with van der Waals surface area (Å²) >= 11 is 0. The van der Waals surface area contributed by atoms with Crippen LogP contribution in [0.5, 0.6) is 0 Å². The lowest BCUT2D eigenvalue weighted by Crippen LogP contribution is -2.46. The van der Waals surface area contributed by atoms with Crippen molar-refractivity contribution < 1.29 is 4.79 Å². The van der Waals surface area contributed by atoms with Crippen LogP contribution < -0.4 is 10.6 Å². The maximum absolute atomic E-state index is 11.6. The van der Waals surface area contributed by atoms with Crippen LogP contribution in [-0.4, -0.2) is 49.6 Å². The molecule has 1 rings (SSSR count). The summed E-state index contributed by atoms with van der Waals surface area (Å²) in [6, 6.07) is 0.517. The standard InChI is InChI=1S/C14H29N3O/c1-4-7-17-8-5-13(6-9-17)15-11-14(18)16-10-12(2)3/h12-13,15H,4-11H2,1-3H3,(H,16,18). The van der Waals surface area contributed by atoms with Gasteiger partial charge in [-0.05, 0) is 44.8 Å². The minimum absolute atomic E-state index is 0.125. The average Bonchev–Trinajstić information content (AvgIpc) is 2.36. The van der Waals surface area contributed by atoms with Crippen molar-refractivity contribution in [1.29, 1.82) is 0 Å². The van der Waals surface area contributed by atoms with Crippen LogP contribution in [0.3, 0.4) is 0 Å². The van der Waals surface area contributed by atoms with Gasteiger partial charge >= 0.3 is 0 Å². The zero-order valence-corrected chi connectivity index (χ0v) is 12.2. The Kier molecular flexibility index (Phi) is 7.28. The molecule has 1 aliphatic heterocycles. The number of hydrogen-bond donors (Lipinski definition) is 2. The van der Waals surface area contributed by atoms with Gasteiger partial charge in [-0.1, -0.05) is 20.8 Å². The fourth-order valence-electron chi connectivity index (χ4n) is 2.29. The van der Waals surface area contributed by atoms with Gasteiger partial charge in [0.2, 0.25) is 5.91 Å². The fraction of sp³-hybridized carbons (Fsp3) is 0.929. The highest BCUT2D eigenvalue weighted by atomic mass is 16.1. The van der Waals surface area contributed by atoms with Gasteiger partial charge in [-0.15, -0.1) is 0 Å². The van der Waals surface area contributed by atoms with E-state index >= 15 is 0 Å². The van der Waals surface area contributed by atoms with Gasteiger partial charge in [0.15, 0.2) is 0 Å². The highest BCUT2D eigenvalue weighted by Crippen LogP contribution is 2.10. The zero-order chi connectivity index (χ0) is 13.4. The molecule has 0 saturated carbocycles. The first-order valence-electron chi connectivity index (χ1n) is 7.34. The van der Waals surface area contributed by atoms with Crippen LogP contribution in [-0.2, 0) is 4.79 Å². The van der Waals surface area contributed by atoms with Crippen LogP contribution in [0.15, 0.2) is 0 Å². The molecule has 1 fully saturated rings. The van der Waals surface area contributed by atoms with Crippen LogP contribution in [0.25, 0.3) is 0 Å². The number of nitrogens with one attached hydrogen (secondary N) is 2. The summed E-state index contributed by atoms with van der Waals surface area (Å²) in [4.78, 5) is 14.1. The number of nitrogens with zero attached hydrogens (tertiary/aromatic N) is 1. The molecule has 4 nitrogen and oxygen atoms in total. The Morgan fingerprint density at radius 2 is 2.00 bits per heavy atom. The Hall–Kier alpha value is -0.610. The molecule has 4 heteroatoms. The largest absolute Gasteiger partial charge is 0.355 e. The van der Waals surface area contributed by atoms with E-state index in [0.717, 1.165) is 19.4 Å². The highest BCUT2D eigenvalue weighted by molar-refractivity contribution is 5.77. The van der Waals surface area contributed by atoms with Crippen LogP contribution in [0, 0.1) is 5.92 Å². The van der Waals surface area contributed by atoms with Crippen LogP contribution in [0.2, 0.25) is 0 Å². The fourth-order valence-corrected chi connectivity index (χ4v) is 2.29. The van der Waals surface area contributed by atoms with E-state index in [1.54, 1.807) is 0 Å². The van der Waals surface area contributed by atoms with E-state index in [1.165, 1.54) is 26.1 Å². The van der Waals surface area contributed by atoms with Gasteiger partial charge in [0.05, 0.1) is 6.54 Å². The monoisotopic (exact) mass is 255 g/mol. The first kappa shape index (κ1) is 15.4. The molecule has 0 spiro atoms. The van der Waals surface area contributed by atoms with Gasteiger partial charge in [-0.25, -0.2) is 0 Å². The smallest absolute Gasteiger partial charge is 0.233 e. The SMILES string of the molecule is CCCN1CCC(NCC(=O)NCC(C)C)CC1. The van der Waals surface area contributed by atoms with E-state index in [2.05, 4.69) is 36.3 Å². The summed E-state index contributed by atoms with van der Waals surface area (Å²) in [5.41, 5.74) is 0. The number of carbonyl (C=O) groups is 1. The molecule has 0 aromatic rings. The maximum atomic E-state index is 11.6. The second-order valence-corrected chi connectivity index (χ2v) is 5.69. The van der Waals surface area contributed by atoms with Gasteiger partial charge in [0.25, 0.3) is 0 Å². The lowest BCUT2D eigenvalue weighted by molar-refractivity contribution is -0.120. The van der Waals surface area contributed by atoms with Crippen molar-refractivity contribution in [3.05, 3.63) is 0 Å². The molecule has 1 saturated heterocycles. The van der Waals surface area contributed by atoms with Gasteiger partial charge in [0, 0.05) is 12.6 Å². The van der Waals surface area contributed by atoms with E-state index in [1.807, 2.05) is 0 Å². The van der Waals surface area contributed by atoms with Gasteiger partial charge in [-0.2, -0.15) is 0 Å². The predicted octanol–water partition coefficient (Wildman–Crippen LogP) is 1.22. The van der Waals surface area contributed by atoms with E-state index < -0.39 is 0 Å². The normalized spacial score (nSPS) is 18.2. The summed E-state index contributed by atoms with van der Waals surface area (Å²) in [7, 11) is 0. The molecule has 106 valence electrons. The van der Waals surface area contributed by atoms with Crippen molar-refractivity contribution in [2.45, 2.75) is 46.1 Å². The minimum Gasteiger partial charge on any atom is -0.355 e. The molecule has 0 atom stereocenters. The third-order valence-corrected chi connectivity index (χ3v) is 3.39. The second-order valence-electron chi connectivity index (χ2n) is 5.69. The number of rotatable bonds is 7. The van der Waals surface area contributed by atoms with Gasteiger partial charge in [-0.3, -0.25) is 4.79 Å². The van der Waals surface area contributed by atoms with Crippen molar-refractivity contribution in [3.8, 4) is 0 Å². The Labute approximate surface area is 111 Å². The molecule has 1 amide bonds. The third kappa shape index (κ3) is 6.36. The third-order valence-electron chi connectivity index (χ3n) is 3.39. The Morgan fingerprint density at radius 1 is 1.33 bits per heavy atom. The quantitative estimate of drug-likeness (QED) is 0.719. The van der Waals surface area contributed by atoms with Crippen molar-refractivity contribution >= 4 is 5.91 Å². The number of likely N-dealkylation sites (tertiary alicyclic amines) is 1. The Bertz CT molecular complexity index is 235. The molecule has 0 aromatic carbocycles. The van der Waals surface area contributed by atoms with Crippen LogP contribution in [0.1, 0.15) is 40.0 Å². The lowest BCUT2D eigenvalue weighted by Gasteiger charge is -2.32. The van der Waals surface area contributed by atoms with Crippen molar-refractivity contribution in [1.82, 2.24) is 15.5 Å². The maximum Gasteiger partial charge on any atom is 0.233 e. The number of piperidine rings is 1. The van der Waals surface area contributed by atoms with E-state index in [0.29, 0.717) is 18.5 Å². The Morgan fingerprint density at radius 3 is 2.56 bits per heavy atom. The van der Waals surface area contributed by atoms with Crippen molar-refractivity contribution in [3.63, 3.8) is 0 Å². The number of amides is 1. The first-order valence-corrected chi connectivity index (χ1v) is 7.34. The van der Waals surface area contributed by atoms with E-state index in [-0.39, 0.29) is 5.91 Å².